The number of hydrogen-bond acceptors (Lipinski definition) is 2. The van der Waals surface area contributed by atoms with Crippen molar-refractivity contribution in [1.82, 2.24) is 4.98 Å². The van der Waals surface area contributed by atoms with E-state index in [9.17, 15) is 4.79 Å². The quantitative estimate of drug-likeness (QED) is 0.836. The van der Waals surface area contributed by atoms with E-state index in [1.54, 1.807) is 12.1 Å². The standard InChI is InChI=1S/C12H6Cl3NO2/c13-6-1-2-7(9(14)5-6)10-8(12(17)18)3-4-16-11(10)15/h1-5H,(H,17,18). The molecular formula is C12H6Cl3NO2. The van der Waals surface area contributed by atoms with Crippen LogP contribution in [-0.4, -0.2) is 16.1 Å². The van der Waals surface area contributed by atoms with E-state index in [2.05, 4.69) is 4.98 Å². The molecule has 92 valence electrons. The zero-order valence-corrected chi connectivity index (χ0v) is 11.1. The minimum absolute atomic E-state index is 0.0409. The summed E-state index contributed by atoms with van der Waals surface area (Å²) >= 11 is 17.8. The second-order valence-corrected chi connectivity index (χ2v) is 4.66. The Bertz CT molecular complexity index is 629. The van der Waals surface area contributed by atoms with Crippen LogP contribution < -0.4 is 0 Å². The second-order valence-electron chi connectivity index (χ2n) is 3.45. The molecule has 1 N–H and O–H groups in total. The van der Waals surface area contributed by atoms with E-state index in [0.717, 1.165) is 0 Å². The van der Waals surface area contributed by atoms with E-state index in [1.165, 1.54) is 18.3 Å². The van der Waals surface area contributed by atoms with Gasteiger partial charge in [-0.3, -0.25) is 0 Å². The summed E-state index contributed by atoms with van der Waals surface area (Å²) in [6, 6.07) is 6.11. The average molecular weight is 303 g/mol. The first-order valence-corrected chi connectivity index (χ1v) is 5.97. The lowest BCUT2D eigenvalue weighted by atomic mass is 10.0. The molecule has 2 rings (SSSR count). The summed E-state index contributed by atoms with van der Waals surface area (Å²) in [7, 11) is 0. The molecule has 0 aliphatic carbocycles. The van der Waals surface area contributed by atoms with Crippen molar-refractivity contribution in [3.05, 3.63) is 51.2 Å². The Morgan fingerprint density at radius 1 is 1.17 bits per heavy atom. The Balaban J connectivity index is 2.74. The fourth-order valence-corrected chi connectivity index (χ4v) is 2.33. The van der Waals surface area contributed by atoms with Gasteiger partial charge in [-0.15, -0.1) is 0 Å². The van der Waals surface area contributed by atoms with Crippen molar-refractivity contribution in [2.24, 2.45) is 0 Å². The molecule has 1 heterocycles. The van der Waals surface area contributed by atoms with Crippen LogP contribution in [0.1, 0.15) is 10.4 Å². The average Bonchev–Trinajstić information content (AvgIpc) is 2.29. The maximum Gasteiger partial charge on any atom is 0.336 e. The topological polar surface area (TPSA) is 50.2 Å². The number of hydrogen-bond donors (Lipinski definition) is 1. The minimum Gasteiger partial charge on any atom is -0.478 e. The van der Waals surface area contributed by atoms with Crippen LogP contribution in [0.3, 0.4) is 0 Å². The number of carbonyl (C=O) groups is 1. The Morgan fingerprint density at radius 3 is 2.50 bits per heavy atom. The molecule has 0 atom stereocenters. The first-order chi connectivity index (χ1) is 8.50. The maximum atomic E-state index is 11.2. The third-order valence-corrected chi connectivity index (χ3v) is 3.17. The predicted octanol–water partition coefficient (Wildman–Crippen LogP) is 4.41. The van der Waals surface area contributed by atoms with Crippen LogP contribution in [0.2, 0.25) is 15.2 Å². The van der Waals surface area contributed by atoms with Crippen molar-refractivity contribution in [2.45, 2.75) is 0 Å². The maximum absolute atomic E-state index is 11.2. The van der Waals surface area contributed by atoms with E-state index in [4.69, 9.17) is 39.9 Å². The van der Waals surface area contributed by atoms with Crippen molar-refractivity contribution in [3.8, 4) is 11.1 Å². The number of pyridine rings is 1. The van der Waals surface area contributed by atoms with Gasteiger partial charge >= 0.3 is 5.97 Å². The lowest BCUT2D eigenvalue weighted by molar-refractivity contribution is 0.0697. The SMILES string of the molecule is O=C(O)c1ccnc(Cl)c1-c1ccc(Cl)cc1Cl. The zero-order chi connectivity index (χ0) is 13.3. The number of carboxylic acids is 1. The molecule has 1 aromatic carbocycles. The smallest absolute Gasteiger partial charge is 0.336 e. The number of aromatic nitrogens is 1. The molecule has 18 heavy (non-hydrogen) atoms. The van der Waals surface area contributed by atoms with Crippen molar-refractivity contribution >= 4 is 40.8 Å². The second kappa shape index (κ2) is 5.14. The molecule has 2 aromatic rings. The first-order valence-electron chi connectivity index (χ1n) is 4.84. The molecule has 1 aromatic heterocycles. The molecule has 0 bridgehead atoms. The summed E-state index contributed by atoms with van der Waals surface area (Å²) in [4.78, 5) is 15.0. The molecule has 6 heteroatoms. The molecule has 0 amide bonds. The number of carboxylic acid groups (broad SMARTS) is 1. The molecule has 0 saturated carbocycles. The van der Waals surface area contributed by atoms with Crippen molar-refractivity contribution in [3.63, 3.8) is 0 Å². The number of aromatic carboxylic acids is 1. The normalized spacial score (nSPS) is 10.4. The molecule has 3 nitrogen and oxygen atoms in total. The summed E-state index contributed by atoms with van der Waals surface area (Å²) in [6.45, 7) is 0. The van der Waals surface area contributed by atoms with E-state index in [0.29, 0.717) is 15.6 Å². The number of nitrogens with zero attached hydrogens (tertiary/aromatic N) is 1. The van der Waals surface area contributed by atoms with Gasteiger partial charge in [0.05, 0.1) is 10.6 Å². The van der Waals surface area contributed by atoms with E-state index < -0.39 is 5.97 Å². The van der Waals surface area contributed by atoms with Gasteiger partial charge in [-0.1, -0.05) is 40.9 Å². The summed E-state index contributed by atoms with van der Waals surface area (Å²) in [6.07, 6.45) is 1.33. The van der Waals surface area contributed by atoms with Crippen LogP contribution in [0.5, 0.6) is 0 Å². The highest BCUT2D eigenvalue weighted by Gasteiger charge is 2.18. The Morgan fingerprint density at radius 2 is 1.89 bits per heavy atom. The number of rotatable bonds is 2. The number of benzene rings is 1. The van der Waals surface area contributed by atoms with Gasteiger partial charge in [0.1, 0.15) is 5.15 Å². The Labute approximate surface area is 118 Å². The summed E-state index contributed by atoms with van der Waals surface area (Å²) in [5.41, 5.74) is 0.809. The largest absolute Gasteiger partial charge is 0.478 e. The molecule has 0 fully saturated rings. The molecule has 0 aliphatic rings. The van der Waals surface area contributed by atoms with Crippen LogP contribution in [0, 0.1) is 0 Å². The molecular weight excluding hydrogens is 296 g/mol. The van der Waals surface area contributed by atoms with Crippen LogP contribution >= 0.6 is 34.8 Å². The van der Waals surface area contributed by atoms with Gasteiger partial charge in [-0.05, 0) is 18.2 Å². The lowest BCUT2D eigenvalue weighted by Gasteiger charge is -2.09. The van der Waals surface area contributed by atoms with Gasteiger partial charge in [0, 0.05) is 22.3 Å². The minimum atomic E-state index is -1.10. The van der Waals surface area contributed by atoms with Gasteiger partial charge in [-0.25, -0.2) is 9.78 Å². The highest BCUT2D eigenvalue weighted by Crippen LogP contribution is 2.36. The third-order valence-electron chi connectivity index (χ3n) is 2.34. The molecule has 0 spiro atoms. The van der Waals surface area contributed by atoms with Crippen LogP contribution in [0.25, 0.3) is 11.1 Å². The van der Waals surface area contributed by atoms with E-state index >= 15 is 0 Å². The summed E-state index contributed by atoms with van der Waals surface area (Å²) in [5, 5.41) is 10.0. The molecule has 0 radical (unpaired) electrons. The van der Waals surface area contributed by atoms with Gasteiger partial charge in [0.2, 0.25) is 0 Å². The van der Waals surface area contributed by atoms with Crippen molar-refractivity contribution < 1.29 is 9.90 Å². The molecule has 0 aliphatic heterocycles. The van der Waals surface area contributed by atoms with Gasteiger partial charge < -0.3 is 5.11 Å². The fourth-order valence-electron chi connectivity index (χ4n) is 1.56. The monoisotopic (exact) mass is 301 g/mol. The summed E-state index contributed by atoms with van der Waals surface area (Å²) in [5.74, 6) is -1.10. The molecule has 0 saturated heterocycles. The lowest BCUT2D eigenvalue weighted by Crippen LogP contribution is -2.01. The highest BCUT2D eigenvalue weighted by molar-refractivity contribution is 6.38. The Kier molecular flexibility index (Phi) is 3.76. The Hall–Kier alpha value is -1.29. The predicted molar refractivity (Wildman–Crippen MR) is 71.7 cm³/mol. The van der Waals surface area contributed by atoms with E-state index in [-0.39, 0.29) is 16.3 Å². The third kappa shape index (κ3) is 2.43. The fraction of sp³-hybridized carbons (Fsp3) is 0. The van der Waals surface area contributed by atoms with E-state index in [1.807, 2.05) is 0 Å². The molecule has 0 unspecified atom stereocenters. The summed E-state index contributed by atoms with van der Waals surface area (Å²) < 4.78 is 0. The van der Waals surface area contributed by atoms with Crippen LogP contribution in [-0.2, 0) is 0 Å². The zero-order valence-electron chi connectivity index (χ0n) is 8.82. The first kappa shape index (κ1) is 13.1. The van der Waals surface area contributed by atoms with Crippen LogP contribution in [0.4, 0.5) is 0 Å². The van der Waals surface area contributed by atoms with Crippen molar-refractivity contribution in [2.75, 3.05) is 0 Å². The highest BCUT2D eigenvalue weighted by atomic mass is 35.5. The van der Waals surface area contributed by atoms with Gasteiger partial charge in [0.25, 0.3) is 0 Å². The van der Waals surface area contributed by atoms with Gasteiger partial charge in [0.15, 0.2) is 0 Å². The number of halogens is 3. The van der Waals surface area contributed by atoms with Crippen molar-refractivity contribution in [1.29, 1.82) is 0 Å². The van der Waals surface area contributed by atoms with Crippen LogP contribution in [0.15, 0.2) is 30.5 Å². The van der Waals surface area contributed by atoms with Gasteiger partial charge in [-0.2, -0.15) is 0 Å².